The average molecular weight is 223 g/mol. The summed E-state index contributed by atoms with van der Waals surface area (Å²) in [5.74, 6) is 4.04. The van der Waals surface area contributed by atoms with Crippen molar-refractivity contribution < 1.29 is 8.85 Å². The molecule has 0 amide bonds. The van der Waals surface area contributed by atoms with E-state index in [2.05, 4.69) is 13.8 Å². The summed E-state index contributed by atoms with van der Waals surface area (Å²) in [4.78, 5) is 0. The highest BCUT2D eigenvalue weighted by Crippen LogP contribution is 2.05. The standard InChI is InChI=1S/C9H23O2SSi/c1-5-12(6-2)8-7-9-13(10-3)11-4/h13H,5-9H2,1-4H3/q+1. The van der Waals surface area contributed by atoms with Crippen LogP contribution in [0.4, 0.5) is 0 Å². The zero-order valence-electron chi connectivity index (χ0n) is 9.34. The van der Waals surface area contributed by atoms with Crippen molar-refractivity contribution in [1.29, 1.82) is 0 Å². The lowest BCUT2D eigenvalue weighted by atomic mass is 10.6. The van der Waals surface area contributed by atoms with Gasteiger partial charge < -0.3 is 8.85 Å². The lowest BCUT2D eigenvalue weighted by Crippen LogP contribution is -2.21. The van der Waals surface area contributed by atoms with E-state index in [-0.39, 0.29) is 0 Å². The third-order valence-corrected chi connectivity index (χ3v) is 6.65. The molecule has 80 valence electrons. The molecule has 0 fully saturated rings. The molecule has 0 N–H and O–H groups in total. The van der Waals surface area contributed by atoms with Crippen LogP contribution < -0.4 is 0 Å². The van der Waals surface area contributed by atoms with Gasteiger partial charge >= 0.3 is 9.28 Å². The van der Waals surface area contributed by atoms with Crippen LogP contribution in [0.3, 0.4) is 0 Å². The molecule has 4 heteroatoms. The van der Waals surface area contributed by atoms with E-state index in [0.717, 1.165) is 6.04 Å². The molecular weight excluding hydrogens is 200 g/mol. The normalized spacial score (nSPS) is 11.5. The molecule has 0 unspecified atom stereocenters. The smallest absolute Gasteiger partial charge is 0.321 e. The number of hydrogen-bond acceptors (Lipinski definition) is 2. The van der Waals surface area contributed by atoms with E-state index < -0.39 is 9.28 Å². The first-order chi connectivity index (χ1) is 6.28. The van der Waals surface area contributed by atoms with E-state index in [1.54, 1.807) is 14.2 Å². The second-order valence-corrected chi connectivity index (χ2v) is 8.10. The van der Waals surface area contributed by atoms with Crippen LogP contribution in [-0.4, -0.2) is 40.8 Å². The van der Waals surface area contributed by atoms with Crippen LogP contribution >= 0.6 is 0 Å². The van der Waals surface area contributed by atoms with Crippen LogP contribution in [0.15, 0.2) is 0 Å². The lowest BCUT2D eigenvalue weighted by Gasteiger charge is -2.10. The molecule has 0 aliphatic carbocycles. The molecule has 0 rings (SSSR count). The molecule has 2 nitrogen and oxygen atoms in total. The van der Waals surface area contributed by atoms with Crippen LogP contribution in [0.2, 0.25) is 6.04 Å². The Kier molecular flexibility index (Phi) is 9.40. The Morgan fingerprint density at radius 3 is 2.00 bits per heavy atom. The Labute approximate surface area is 87.2 Å². The van der Waals surface area contributed by atoms with Gasteiger partial charge in [0, 0.05) is 14.2 Å². The molecule has 0 spiro atoms. The number of rotatable bonds is 8. The molecule has 13 heavy (non-hydrogen) atoms. The maximum absolute atomic E-state index is 5.27. The van der Waals surface area contributed by atoms with Gasteiger partial charge in [-0.05, 0) is 37.2 Å². The molecule has 0 aromatic heterocycles. The van der Waals surface area contributed by atoms with Crippen LogP contribution in [0.5, 0.6) is 0 Å². The molecule has 0 aliphatic heterocycles. The van der Waals surface area contributed by atoms with Gasteiger partial charge in [-0.15, -0.1) is 0 Å². The second kappa shape index (κ2) is 9.06. The Bertz CT molecular complexity index is 93.8. The van der Waals surface area contributed by atoms with E-state index in [1.165, 1.54) is 23.7 Å². The van der Waals surface area contributed by atoms with E-state index in [1.807, 2.05) is 0 Å². The van der Waals surface area contributed by atoms with Gasteiger partial charge in [0.15, 0.2) is 0 Å². The highest BCUT2D eigenvalue weighted by atomic mass is 32.2. The maximum Gasteiger partial charge on any atom is 0.321 e. The van der Waals surface area contributed by atoms with Crippen molar-refractivity contribution in [3.63, 3.8) is 0 Å². The van der Waals surface area contributed by atoms with Crippen molar-refractivity contribution >= 4 is 20.2 Å². The summed E-state index contributed by atoms with van der Waals surface area (Å²) < 4.78 is 10.5. The second-order valence-electron chi connectivity index (χ2n) is 2.94. The predicted octanol–water partition coefficient (Wildman–Crippen LogP) is 1.55. The summed E-state index contributed by atoms with van der Waals surface area (Å²) in [5, 5.41) is 0. The van der Waals surface area contributed by atoms with Crippen LogP contribution in [0, 0.1) is 0 Å². The summed E-state index contributed by atoms with van der Waals surface area (Å²) in [6.45, 7) is 4.57. The van der Waals surface area contributed by atoms with Gasteiger partial charge in [-0.1, -0.05) is 0 Å². The molecule has 0 aromatic rings. The largest absolute Gasteiger partial charge is 0.400 e. The molecule has 0 atom stereocenters. The minimum absolute atomic E-state index is 0.652. The molecule has 0 saturated heterocycles. The first-order valence-electron chi connectivity index (χ1n) is 4.98. The molecule has 0 bridgehead atoms. The number of hydrogen-bond donors (Lipinski definition) is 0. The van der Waals surface area contributed by atoms with Crippen molar-refractivity contribution in [1.82, 2.24) is 0 Å². The minimum atomic E-state index is -1.27. The maximum atomic E-state index is 5.27. The zero-order valence-corrected chi connectivity index (χ0v) is 11.3. The summed E-state index contributed by atoms with van der Waals surface area (Å²) in [6, 6.07) is 1.16. The monoisotopic (exact) mass is 223 g/mol. The fourth-order valence-corrected chi connectivity index (χ4v) is 4.34. The van der Waals surface area contributed by atoms with E-state index in [0.29, 0.717) is 10.9 Å². The van der Waals surface area contributed by atoms with Gasteiger partial charge in [-0.3, -0.25) is 0 Å². The fourth-order valence-electron chi connectivity index (χ4n) is 1.28. The van der Waals surface area contributed by atoms with Gasteiger partial charge in [0.05, 0.1) is 0 Å². The molecule has 0 radical (unpaired) electrons. The fraction of sp³-hybridized carbons (Fsp3) is 1.00. The van der Waals surface area contributed by atoms with Gasteiger partial charge in [-0.2, -0.15) is 0 Å². The lowest BCUT2D eigenvalue weighted by molar-refractivity contribution is 0.277. The van der Waals surface area contributed by atoms with Gasteiger partial charge in [0.1, 0.15) is 17.3 Å². The summed E-state index contributed by atoms with van der Waals surface area (Å²) in [6.07, 6.45) is 1.28. The first-order valence-corrected chi connectivity index (χ1v) is 8.47. The van der Waals surface area contributed by atoms with Crippen LogP contribution in [0.25, 0.3) is 0 Å². The predicted molar refractivity (Wildman–Crippen MR) is 63.9 cm³/mol. The summed E-state index contributed by atoms with van der Waals surface area (Å²) >= 11 is 0. The van der Waals surface area contributed by atoms with E-state index in [9.17, 15) is 0 Å². The Morgan fingerprint density at radius 2 is 1.62 bits per heavy atom. The molecule has 0 aliphatic rings. The first kappa shape index (κ1) is 13.5. The average Bonchev–Trinajstić information content (AvgIpc) is 2.19. The molecule has 0 aromatic carbocycles. The summed E-state index contributed by atoms with van der Waals surface area (Å²) in [5.41, 5.74) is 0. The van der Waals surface area contributed by atoms with Crippen molar-refractivity contribution in [2.24, 2.45) is 0 Å². The third-order valence-electron chi connectivity index (χ3n) is 2.22. The Morgan fingerprint density at radius 1 is 1.08 bits per heavy atom. The quantitative estimate of drug-likeness (QED) is 0.459. The van der Waals surface area contributed by atoms with Gasteiger partial charge in [0.2, 0.25) is 0 Å². The Balaban J connectivity index is 3.41. The topological polar surface area (TPSA) is 18.5 Å². The third kappa shape index (κ3) is 6.54. The van der Waals surface area contributed by atoms with E-state index >= 15 is 0 Å². The molecule has 0 heterocycles. The SMILES string of the molecule is CC[S+](CC)CCC[SiH](OC)OC. The Hall–Kier alpha value is 0.487. The van der Waals surface area contributed by atoms with Crippen molar-refractivity contribution in [3.05, 3.63) is 0 Å². The molecular formula is C9H23O2SSi+. The highest BCUT2D eigenvalue weighted by Gasteiger charge is 2.15. The van der Waals surface area contributed by atoms with E-state index in [4.69, 9.17) is 8.85 Å². The van der Waals surface area contributed by atoms with Crippen LogP contribution in [0.1, 0.15) is 20.3 Å². The van der Waals surface area contributed by atoms with Crippen molar-refractivity contribution in [2.75, 3.05) is 31.5 Å². The highest BCUT2D eigenvalue weighted by molar-refractivity contribution is 7.96. The zero-order chi connectivity index (χ0) is 10.1. The van der Waals surface area contributed by atoms with Crippen molar-refractivity contribution in [2.45, 2.75) is 26.3 Å². The minimum Gasteiger partial charge on any atom is -0.400 e. The van der Waals surface area contributed by atoms with Crippen molar-refractivity contribution in [3.8, 4) is 0 Å². The van der Waals surface area contributed by atoms with Gasteiger partial charge in [0.25, 0.3) is 0 Å². The molecule has 0 saturated carbocycles. The van der Waals surface area contributed by atoms with Crippen LogP contribution in [-0.2, 0) is 19.7 Å². The van der Waals surface area contributed by atoms with Gasteiger partial charge in [-0.25, -0.2) is 0 Å². The summed E-state index contributed by atoms with van der Waals surface area (Å²) in [7, 11) is 2.91.